The van der Waals surface area contributed by atoms with Crippen LogP contribution >= 0.6 is 0 Å². The predicted octanol–water partition coefficient (Wildman–Crippen LogP) is 2.00. The van der Waals surface area contributed by atoms with Crippen molar-refractivity contribution in [1.29, 1.82) is 0 Å². The van der Waals surface area contributed by atoms with Gasteiger partial charge in [-0.05, 0) is 0 Å². The van der Waals surface area contributed by atoms with Gasteiger partial charge in [0, 0.05) is 11.5 Å². The van der Waals surface area contributed by atoms with Gasteiger partial charge in [-0.25, -0.2) is 8.42 Å². The molecule has 0 bridgehead atoms. The standard InChI is InChI=1S/C4H2F6O2S/c5-3(6,7)1-2-13(11,12)4(8,9)10/h1-2H/b2-1+. The van der Waals surface area contributed by atoms with E-state index in [1.165, 1.54) is 0 Å². The Morgan fingerprint density at radius 1 is 0.923 bits per heavy atom. The first-order chi connectivity index (χ1) is 5.46. The molecule has 0 aliphatic rings. The molecule has 0 amide bonds. The van der Waals surface area contributed by atoms with Crippen LogP contribution in [0.25, 0.3) is 0 Å². The SMILES string of the molecule is O=S(=O)(/C=C/C(F)(F)F)C(F)(F)F. The maximum atomic E-state index is 11.4. The van der Waals surface area contributed by atoms with E-state index in [1.807, 2.05) is 0 Å². The highest BCUT2D eigenvalue weighted by Crippen LogP contribution is 2.26. The van der Waals surface area contributed by atoms with E-state index in [-0.39, 0.29) is 0 Å². The van der Waals surface area contributed by atoms with Gasteiger partial charge in [-0.2, -0.15) is 26.3 Å². The highest BCUT2D eigenvalue weighted by Gasteiger charge is 2.44. The molecule has 0 atom stereocenters. The van der Waals surface area contributed by atoms with E-state index in [1.54, 1.807) is 0 Å². The monoisotopic (exact) mass is 228 g/mol. The summed E-state index contributed by atoms with van der Waals surface area (Å²) in [4.78, 5) is 0. The minimum atomic E-state index is -5.83. The normalized spacial score (nSPS) is 15.2. The smallest absolute Gasteiger partial charge is 0.215 e. The van der Waals surface area contributed by atoms with Crippen molar-refractivity contribution < 1.29 is 34.8 Å². The number of sulfone groups is 1. The van der Waals surface area contributed by atoms with Gasteiger partial charge in [0.15, 0.2) is 0 Å². The second-order valence-electron chi connectivity index (χ2n) is 1.84. The highest BCUT2D eigenvalue weighted by atomic mass is 32.2. The van der Waals surface area contributed by atoms with E-state index in [0.717, 1.165) is 0 Å². The zero-order valence-electron chi connectivity index (χ0n) is 5.65. The number of allylic oxidation sites excluding steroid dienone is 1. The average molecular weight is 228 g/mol. The van der Waals surface area contributed by atoms with Crippen LogP contribution in [0.15, 0.2) is 11.5 Å². The van der Waals surface area contributed by atoms with E-state index in [9.17, 15) is 34.8 Å². The Morgan fingerprint density at radius 3 is 1.54 bits per heavy atom. The maximum Gasteiger partial charge on any atom is 0.501 e. The van der Waals surface area contributed by atoms with Crippen molar-refractivity contribution in [1.82, 2.24) is 0 Å². The summed E-state index contributed by atoms with van der Waals surface area (Å²) in [7, 11) is -5.83. The van der Waals surface area contributed by atoms with Gasteiger partial charge in [-0.15, -0.1) is 0 Å². The third kappa shape index (κ3) is 4.15. The lowest BCUT2D eigenvalue weighted by atomic mass is 10.6. The number of hydrogen-bond acceptors (Lipinski definition) is 2. The van der Waals surface area contributed by atoms with Crippen molar-refractivity contribution in [2.24, 2.45) is 0 Å². The van der Waals surface area contributed by atoms with Crippen LogP contribution in [0.2, 0.25) is 0 Å². The molecule has 0 saturated heterocycles. The van der Waals surface area contributed by atoms with Crippen LogP contribution in [-0.2, 0) is 9.84 Å². The van der Waals surface area contributed by atoms with E-state index >= 15 is 0 Å². The molecule has 0 aliphatic carbocycles. The lowest BCUT2D eigenvalue weighted by Gasteiger charge is -2.03. The molecule has 0 fully saturated rings. The lowest BCUT2D eigenvalue weighted by molar-refractivity contribution is -0.0798. The van der Waals surface area contributed by atoms with Gasteiger partial charge < -0.3 is 0 Å². The van der Waals surface area contributed by atoms with Crippen molar-refractivity contribution in [3.63, 3.8) is 0 Å². The molecular formula is C4H2F6O2S. The Morgan fingerprint density at radius 2 is 1.31 bits per heavy atom. The number of rotatable bonds is 1. The van der Waals surface area contributed by atoms with Gasteiger partial charge in [0.1, 0.15) is 0 Å². The largest absolute Gasteiger partial charge is 0.501 e. The summed E-state index contributed by atoms with van der Waals surface area (Å²) >= 11 is 0. The first-order valence-electron chi connectivity index (χ1n) is 2.53. The molecule has 0 radical (unpaired) electrons. The number of halogens is 6. The molecule has 0 unspecified atom stereocenters. The predicted molar refractivity (Wildman–Crippen MR) is 30.2 cm³/mol. The Hall–Kier alpha value is -0.730. The maximum absolute atomic E-state index is 11.4. The molecule has 0 aliphatic heterocycles. The summed E-state index contributed by atoms with van der Waals surface area (Å²) < 4.78 is 87.9. The molecule has 0 aromatic rings. The van der Waals surface area contributed by atoms with E-state index < -0.39 is 33.0 Å². The fourth-order valence-electron chi connectivity index (χ4n) is 0.244. The molecular weight excluding hydrogens is 226 g/mol. The Kier molecular flexibility index (Phi) is 3.02. The van der Waals surface area contributed by atoms with Crippen LogP contribution < -0.4 is 0 Å². The van der Waals surface area contributed by atoms with Gasteiger partial charge in [-0.1, -0.05) is 0 Å². The topological polar surface area (TPSA) is 34.1 Å². The van der Waals surface area contributed by atoms with Gasteiger partial charge >= 0.3 is 11.7 Å². The summed E-state index contributed by atoms with van der Waals surface area (Å²) in [6.45, 7) is 0. The highest BCUT2D eigenvalue weighted by molar-refractivity contribution is 7.95. The zero-order chi connectivity index (χ0) is 10.9. The second-order valence-corrected chi connectivity index (χ2v) is 3.66. The quantitative estimate of drug-likeness (QED) is 0.643. The first kappa shape index (κ1) is 12.3. The van der Waals surface area contributed by atoms with Crippen molar-refractivity contribution in [3.05, 3.63) is 11.5 Å². The summed E-state index contributed by atoms with van der Waals surface area (Å²) in [6.07, 6.45) is -6.08. The Balaban J connectivity index is 4.85. The fraction of sp³-hybridized carbons (Fsp3) is 0.500. The molecule has 0 aromatic carbocycles. The zero-order valence-corrected chi connectivity index (χ0v) is 6.46. The van der Waals surface area contributed by atoms with Crippen molar-refractivity contribution in [2.75, 3.05) is 0 Å². The van der Waals surface area contributed by atoms with E-state index in [2.05, 4.69) is 0 Å². The van der Waals surface area contributed by atoms with Crippen LogP contribution in [0.3, 0.4) is 0 Å². The third-order valence-corrected chi connectivity index (χ3v) is 1.90. The third-order valence-electron chi connectivity index (χ3n) is 0.759. The molecule has 0 aromatic heterocycles. The van der Waals surface area contributed by atoms with Crippen LogP contribution in [0.4, 0.5) is 26.3 Å². The first-order valence-corrected chi connectivity index (χ1v) is 4.08. The van der Waals surface area contributed by atoms with Crippen molar-refractivity contribution in [3.8, 4) is 0 Å². The van der Waals surface area contributed by atoms with E-state index in [4.69, 9.17) is 0 Å². The molecule has 0 rings (SSSR count). The Bertz CT molecular complexity index is 294. The van der Waals surface area contributed by atoms with Crippen LogP contribution in [-0.4, -0.2) is 20.1 Å². The summed E-state index contributed by atoms with van der Waals surface area (Å²) in [5.74, 6) is 0. The van der Waals surface area contributed by atoms with Gasteiger partial charge in [0.25, 0.3) is 9.84 Å². The van der Waals surface area contributed by atoms with Gasteiger partial charge in [0.2, 0.25) is 0 Å². The lowest BCUT2D eigenvalue weighted by Crippen LogP contribution is -2.21. The molecule has 78 valence electrons. The average Bonchev–Trinajstić information content (AvgIpc) is 1.79. The minimum absolute atomic E-state index is 0.924. The van der Waals surface area contributed by atoms with E-state index in [0.29, 0.717) is 0 Å². The van der Waals surface area contributed by atoms with Crippen LogP contribution in [0, 0.1) is 0 Å². The number of hydrogen-bond donors (Lipinski definition) is 0. The number of alkyl halides is 6. The molecule has 0 heterocycles. The molecule has 0 saturated carbocycles. The van der Waals surface area contributed by atoms with Gasteiger partial charge in [0.05, 0.1) is 0 Å². The van der Waals surface area contributed by atoms with Crippen LogP contribution in [0.1, 0.15) is 0 Å². The summed E-state index contributed by atoms with van der Waals surface area (Å²) in [6, 6.07) is 0. The van der Waals surface area contributed by atoms with Crippen LogP contribution in [0.5, 0.6) is 0 Å². The summed E-state index contributed by atoms with van der Waals surface area (Å²) in [5, 5.41) is -0.924. The molecule has 9 heteroatoms. The molecule has 0 N–H and O–H groups in total. The summed E-state index contributed by atoms with van der Waals surface area (Å²) in [5.41, 5.74) is -5.70. The molecule has 2 nitrogen and oxygen atoms in total. The molecule has 0 spiro atoms. The fourth-order valence-corrected chi connectivity index (χ4v) is 0.732. The van der Waals surface area contributed by atoms with Crippen molar-refractivity contribution >= 4 is 9.84 Å². The molecule has 13 heavy (non-hydrogen) atoms. The Labute approximate surface area is 68.8 Å². The van der Waals surface area contributed by atoms with Crippen molar-refractivity contribution in [2.45, 2.75) is 11.7 Å². The second kappa shape index (κ2) is 3.20. The minimum Gasteiger partial charge on any atom is -0.215 e. The van der Waals surface area contributed by atoms with Gasteiger partial charge in [-0.3, -0.25) is 0 Å².